The van der Waals surface area contributed by atoms with Crippen LogP contribution in [0, 0.1) is 5.92 Å². The molecule has 154 valence electrons. The molecule has 0 saturated carbocycles. The Morgan fingerprint density at radius 1 is 1.00 bits per heavy atom. The van der Waals surface area contributed by atoms with Gasteiger partial charge in [-0.25, -0.2) is 9.97 Å². The van der Waals surface area contributed by atoms with Crippen molar-refractivity contribution in [2.45, 2.75) is 25.3 Å². The van der Waals surface area contributed by atoms with E-state index in [2.05, 4.69) is 24.9 Å². The molecule has 5 heterocycles. The van der Waals surface area contributed by atoms with Gasteiger partial charge in [-0.15, -0.1) is 0 Å². The summed E-state index contributed by atoms with van der Waals surface area (Å²) >= 11 is 0. The molecular weight excluding hydrogens is 382 g/mol. The highest BCUT2D eigenvalue weighted by molar-refractivity contribution is 5.94. The van der Waals surface area contributed by atoms with Gasteiger partial charge < -0.3 is 19.8 Å². The summed E-state index contributed by atoms with van der Waals surface area (Å²) in [5.74, 6) is 0.190. The Labute approximate surface area is 173 Å². The number of imidazole rings is 2. The van der Waals surface area contributed by atoms with E-state index in [-0.39, 0.29) is 23.8 Å². The normalized spacial score (nSPS) is 19.5. The third kappa shape index (κ3) is 3.26. The largest absolute Gasteiger partial charge is 0.348 e. The first-order valence-corrected chi connectivity index (χ1v) is 10.2. The van der Waals surface area contributed by atoms with Crippen LogP contribution < -0.4 is 0 Å². The number of carbonyl (C=O) groups is 2. The first-order valence-electron chi connectivity index (χ1n) is 10.2. The quantitative estimate of drug-likeness (QED) is 0.691. The van der Waals surface area contributed by atoms with Gasteiger partial charge in [0, 0.05) is 44.1 Å². The lowest BCUT2D eigenvalue weighted by Gasteiger charge is -2.42. The van der Waals surface area contributed by atoms with Crippen molar-refractivity contribution in [3.8, 4) is 0 Å². The summed E-state index contributed by atoms with van der Waals surface area (Å²) < 4.78 is 0. The van der Waals surface area contributed by atoms with Gasteiger partial charge in [-0.05, 0) is 30.9 Å². The summed E-state index contributed by atoms with van der Waals surface area (Å²) in [6, 6.07) is 3.49. The number of pyridine rings is 1. The summed E-state index contributed by atoms with van der Waals surface area (Å²) in [6.07, 6.45) is 10.5. The van der Waals surface area contributed by atoms with Crippen LogP contribution in [0.3, 0.4) is 0 Å². The minimum Gasteiger partial charge on any atom is -0.348 e. The van der Waals surface area contributed by atoms with E-state index in [9.17, 15) is 9.59 Å². The number of rotatable bonds is 3. The highest BCUT2D eigenvalue weighted by Gasteiger charge is 2.40. The van der Waals surface area contributed by atoms with Crippen LogP contribution in [-0.4, -0.2) is 66.2 Å². The molecule has 5 rings (SSSR count). The van der Waals surface area contributed by atoms with Gasteiger partial charge in [-0.2, -0.15) is 0 Å². The van der Waals surface area contributed by atoms with Crippen molar-refractivity contribution in [2.75, 3.05) is 19.6 Å². The van der Waals surface area contributed by atoms with Crippen molar-refractivity contribution in [3.63, 3.8) is 0 Å². The molecule has 30 heavy (non-hydrogen) atoms. The molecule has 1 saturated heterocycles. The number of hydrogen-bond acceptors (Lipinski definition) is 5. The molecule has 0 aromatic carbocycles. The summed E-state index contributed by atoms with van der Waals surface area (Å²) in [5.41, 5.74) is 3.16. The second-order valence-electron chi connectivity index (χ2n) is 7.80. The summed E-state index contributed by atoms with van der Waals surface area (Å²) in [5, 5.41) is 0. The maximum absolute atomic E-state index is 13.3. The third-order valence-corrected chi connectivity index (χ3v) is 6.14. The number of carbonyl (C=O) groups excluding carboxylic acids is 2. The summed E-state index contributed by atoms with van der Waals surface area (Å²) in [6.45, 7) is 1.93. The fourth-order valence-electron chi connectivity index (χ4n) is 4.63. The number of aromatic amines is 2. The Morgan fingerprint density at radius 2 is 1.87 bits per heavy atom. The first kappa shape index (κ1) is 18.5. The molecule has 3 aromatic heterocycles. The first-order chi connectivity index (χ1) is 14.7. The molecule has 2 aliphatic rings. The van der Waals surface area contributed by atoms with Gasteiger partial charge in [0.05, 0.1) is 36.2 Å². The molecule has 0 radical (unpaired) electrons. The van der Waals surface area contributed by atoms with Crippen molar-refractivity contribution >= 4 is 11.8 Å². The van der Waals surface area contributed by atoms with Crippen LogP contribution in [0.25, 0.3) is 0 Å². The predicted molar refractivity (Wildman–Crippen MR) is 108 cm³/mol. The smallest absolute Gasteiger partial charge is 0.271 e. The topological polar surface area (TPSA) is 111 Å². The number of likely N-dealkylation sites (tertiary alicyclic amines) is 1. The maximum atomic E-state index is 13.3. The van der Waals surface area contributed by atoms with E-state index in [1.165, 1.54) is 6.33 Å². The van der Waals surface area contributed by atoms with Gasteiger partial charge in [0.2, 0.25) is 0 Å². The number of piperidine rings is 1. The van der Waals surface area contributed by atoms with Gasteiger partial charge in [-0.1, -0.05) is 0 Å². The molecule has 0 spiro atoms. The van der Waals surface area contributed by atoms with E-state index in [0.29, 0.717) is 30.9 Å². The Bertz CT molecular complexity index is 1020. The van der Waals surface area contributed by atoms with E-state index in [1.54, 1.807) is 37.1 Å². The van der Waals surface area contributed by atoms with Crippen LogP contribution in [0.5, 0.6) is 0 Å². The molecular formula is C21H23N7O2. The lowest BCUT2D eigenvalue weighted by Crippen LogP contribution is -2.47. The molecule has 9 nitrogen and oxygen atoms in total. The average molecular weight is 405 g/mol. The zero-order valence-corrected chi connectivity index (χ0v) is 16.5. The average Bonchev–Trinajstić information content (AvgIpc) is 3.50. The molecule has 1 unspecified atom stereocenters. The van der Waals surface area contributed by atoms with E-state index < -0.39 is 0 Å². The van der Waals surface area contributed by atoms with E-state index >= 15 is 0 Å². The van der Waals surface area contributed by atoms with Gasteiger partial charge in [-0.3, -0.25) is 14.6 Å². The molecule has 2 amide bonds. The number of amides is 2. The molecule has 0 bridgehead atoms. The van der Waals surface area contributed by atoms with Crippen molar-refractivity contribution in [1.29, 1.82) is 0 Å². The lowest BCUT2D eigenvalue weighted by atomic mass is 9.83. The van der Waals surface area contributed by atoms with E-state index in [1.807, 2.05) is 9.80 Å². The Kier molecular flexibility index (Phi) is 4.78. The number of nitrogens with zero attached hydrogens (tertiary/aromatic N) is 5. The van der Waals surface area contributed by atoms with Crippen molar-refractivity contribution in [3.05, 3.63) is 66.0 Å². The Morgan fingerprint density at radius 3 is 2.60 bits per heavy atom. The number of nitrogens with one attached hydrogen (secondary N) is 2. The number of H-pyrrole nitrogens is 2. The molecule has 1 fully saturated rings. The highest BCUT2D eigenvalue weighted by Crippen LogP contribution is 2.39. The number of hydrogen-bond donors (Lipinski definition) is 2. The molecule has 1 atom stereocenters. The van der Waals surface area contributed by atoms with Crippen LogP contribution in [-0.2, 0) is 6.42 Å². The Balaban J connectivity index is 1.37. The van der Waals surface area contributed by atoms with Crippen LogP contribution >= 0.6 is 0 Å². The highest BCUT2D eigenvalue weighted by atomic mass is 16.2. The fourth-order valence-corrected chi connectivity index (χ4v) is 4.63. The van der Waals surface area contributed by atoms with Crippen molar-refractivity contribution in [2.24, 2.45) is 5.92 Å². The van der Waals surface area contributed by atoms with Crippen molar-refractivity contribution in [1.82, 2.24) is 34.7 Å². The zero-order chi connectivity index (χ0) is 20.5. The lowest BCUT2D eigenvalue weighted by molar-refractivity contribution is 0.0430. The van der Waals surface area contributed by atoms with Gasteiger partial charge in [0.15, 0.2) is 0 Å². The fraction of sp³-hybridized carbons (Fsp3) is 0.381. The monoisotopic (exact) mass is 405 g/mol. The summed E-state index contributed by atoms with van der Waals surface area (Å²) in [7, 11) is 0. The number of fused-ring (bicyclic) bond motifs is 1. The molecule has 2 aliphatic heterocycles. The SMILES string of the molecule is O=C(c1cnc[nH]1)N1CCC(C2c3nc[nH]c3CCN2C(=O)c2cccnc2)CC1. The molecule has 2 N–H and O–H groups in total. The molecule has 3 aromatic rings. The van der Waals surface area contributed by atoms with E-state index in [4.69, 9.17) is 0 Å². The van der Waals surface area contributed by atoms with Crippen LogP contribution in [0.15, 0.2) is 43.4 Å². The molecule has 0 aliphatic carbocycles. The molecule has 9 heteroatoms. The van der Waals surface area contributed by atoms with Gasteiger partial charge in [0.25, 0.3) is 11.8 Å². The minimum absolute atomic E-state index is 0.0160. The Hall–Kier alpha value is -3.49. The third-order valence-electron chi connectivity index (χ3n) is 6.14. The van der Waals surface area contributed by atoms with Crippen LogP contribution in [0.1, 0.15) is 51.1 Å². The second-order valence-corrected chi connectivity index (χ2v) is 7.80. The van der Waals surface area contributed by atoms with Gasteiger partial charge >= 0.3 is 0 Å². The second kappa shape index (κ2) is 7.74. The van der Waals surface area contributed by atoms with Crippen LogP contribution in [0.2, 0.25) is 0 Å². The predicted octanol–water partition coefficient (Wildman–Crippen LogP) is 1.82. The van der Waals surface area contributed by atoms with E-state index in [0.717, 1.165) is 30.7 Å². The standard InChI is InChI=1S/C21H23N7O2/c29-20(15-2-1-6-22-10-15)28-9-5-16-18(26-13-25-16)19(28)14-3-7-27(8-4-14)21(30)17-11-23-12-24-17/h1-2,6,10-14,19H,3-5,7-9H2,(H,23,24)(H,25,26). The minimum atomic E-state index is -0.0999. The number of aromatic nitrogens is 5. The van der Waals surface area contributed by atoms with Crippen LogP contribution in [0.4, 0.5) is 0 Å². The van der Waals surface area contributed by atoms with Crippen molar-refractivity contribution < 1.29 is 9.59 Å². The van der Waals surface area contributed by atoms with Gasteiger partial charge in [0.1, 0.15) is 5.69 Å². The zero-order valence-electron chi connectivity index (χ0n) is 16.5. The summed E-state index contributed by atoms with van der Waals surface area (Å²) in [4.78, 5) is 48.4. The maximum Gasteiger partial charge on any atom is 0.271 e.